The molecule has 3 rings (SSSR count). The van der Waals surface area contributed by atoms with Crippen molar-refractivity contribution in [2.24, 2.45) is 17.1 Å². The van der Waals surface area contributed by atoms with E-state index in [2.05, 4.69) is 34.3 Å². The average molecular weight is 364 g/mol. The number of H-pyrrole nitrogens is 1. The van der Waals surface area contributed by atoms with Crippen LogP contribution in [-0.2, 0) is 11.3 Å². The molecule has 4 N–H and O–H groups in total. The fourth-order valence-corrected chi connectivity index (χ4v) is 3.39. The molecule has 2 aromatic rings. The first-order valence-electron chi connectivity index (χ1n) is 8.56. The number of nitrogens with one attached hydrogen (secondary N) is 2. The van der Waals surface area contributed by atoms with Gasteiger partial charge in [0.1, 0.15) is 5.82 Å². The standard InChI is InChI=1S/C18H25N5O.ClH/c1-12(2)10-18(8-3-9-18)17(24)20-14-6-4-13(5-7-14)16-21-15(11-19)22-23-16;/h4-7,12H,3,8-11,19H2,1-2H3,(H,20,24)(H,21,22,23);1H. The molecule has 1 aromatic carbocycles. The second-order valence-electron chi connectivity index (χ2n) is 7.07. The number of aromatic nitrogens is 3. The molecular formula is C18H26ClN5O. The van der Waals surface area contributed by atoms with E-state index in [0.717, 1.165) is 36.9 Å². The van der Waals surface area contributed by atoms with E-state index in [1.54, 1.807) is 0 Å². The van der Waals surface area contributed by atoms with Gasteiger partial charge < -0.3 is 11.1 Å². The number of carbonyl (C=O) groups excluding carboxylic acids is 1. The molecule has 0 unspecified atom stereocenters. The first-order chi connectivity index (χ1) is 11.5. The normalized spacial score (nSPS) is 15.4. The van der Waals surface area contributed by atoms with Crippen LogP contribution in [0.3, 0.4) is 0 Å². The number of hydrogen-bond acceptors (Lipinski definition) is 4. The van der Waals surface area contributed by atoms with Gasteiger partial charge in [-0.3, -0.25) is 9.89 Å². The molecule has 1 aliphatic carbocycles. The lowest BCUT2D eigenvalue weighted by atomic mass is 9.64. The van der Waals surface area contributed by atoms with E-state index in [1.165, 1.54) is 0 Å². The van der Waals surface area contributed by atoms with Crippen molar-refractivity contribution in [3.05, 3.63) is 30.1 Å². The third kappa shape index (κ3) is 4.19. The molecule has 0 bridgehead atoms. The Morgan fingerprint density at radius 3 is 2.48 bits per heavy atom. The van der Waals surface area contributed by atoms with Gasteiger partial charge in [0.15, 0.2) is 5.82 Å². The Labute approximate surface area is 154 Å². The third-order valence-corrected chi connectivity index (χ3v) is 4.72. The van der Waals surface area contributed by atoms with Crippen LogP contribution in [0.2, 0.25) is 0 Å². The second-order valence-corrected chi connectivity index (χ2v) is 7.07. The number of hydrogen-bond donors (Lipinski definition) is 3. The maximum absolute atomic E-state index is 12.7. The zero-order valence-electron chi connectivity index (χ0n) is 14.7. The molecule has 1 saturated carbocycles. The molecule has 6 nitrogen and oxygen atoms in total. The largest absolute Gasteiger partial charge is 0.326 e. The zero-order valence-corrected chi connectivity index (χ0v) is 15.5. The predicted octanol–water partition coefficient (Wildman–Crippen LogP) is 3.51. The molecule has 7 heteroatoms. The van der Waals surface area contributed by atoms with Gasteiger partial charge in [-0.25, -0.2) is 4.98 Å². The molecular weight excluding hydrogens is 338 g/mol. The Kier molecular flexibility index (Phi) is 6.19. The fraction of sp³-hybridized carbons (Fsp3) is 0.500. The summed E-state index contributed by atoms with van der Waals surface area (Å²) in [5.74, 6) is 1.95. The number of aromatic amines is 1. The van der Waals surface area contributed by atoms with Gasteiger partial charge in [-0.1, -0.05) is 20.3 Å². The van der Waals surface area contributed by atoms with Crippen LogP contribution in [-0.4, -0.2) is 21.1 Å². The molecule has 0 saturated heterocycles. The Morgan fingerprint density at radius 2 is 2.00 bits per heavy atom. The van der Waals surface area contributed by atoms with E-state index < -0.39 is 0 Å². The van der Waals surface area contributed by atoms with E-state index >= 15 is 0 Å². The van der Waals surface area contributed by atoms with Crippen LogP contribution in [0.4, 0.5) is 5.69 Å². The summed E-state index contributed by atoms with van der Waals surface area (Å²) in [5.41, 5.74) is 7.07. The Morgan fingerprint density at radius 1 is 1.32 bits per heavy atom. The van der Waals surface area contributed by atoms with Crippen LogP contribution in [0, 0.1) is 11.3 Å². The molecule has 1 fully saturated rings. The quantitative estimate of drug-likeness (QED) is 0.731. The minimum atomic E-state index is -0.174. The molecule has 1 aliphatic rings. The Hall–Kier alpha value is -1.92. The van der Waals surface area contributed by atoms with Crippen molar-refractivity contribution in [2.75, 3.05) is 5.32 Å². The number of benzene rings is 1. The van der Waals surface area contributed by atoms with Gasteiger partial charge in [-0.2, -0.15) is 5.10 Å². The van der Waals surface area contributed by atoms with Gasteiger partial charge in [-0.05, 0) is 49.4 Å². The summed E-state index contributed by atoms with van der Waals surface area (Å²) < 4.78 is 0. The van der Waals surface area contributed by atoms with Crippen molar-refractivity contribution < 1.29 is 4.79 Å². The molecule has 136 valence electrons. The highest BCUT2D eigenvalue weighted by atomic mass is 35.5. The molecule has 0 radical (unpaired) electrons. The monoisotopic (exact) mass is 363 g/mol. The molecule has 0 aliphatic heterocycles. The lowest BCUT2D eigenvalue weighted by Crippen LogP contribution is -2.42. The molecule has 1 amide bonds. The predicted molar refractivity (Wildman–Crippen MR) is 101 cm³/mol. The summed E-state index contributed by atoms with van der Waals surface area (Å²) in [6.07, 6.45) is 4.09. The highest BCUT2D eigenvalue weighted by Gasteiger charge is 2.44. The van der Waals surface area contributed by atoms with Crippen molar-refractivity contribution in [1.29, 1.82) is 0 Å². The van der Waals surface area contributed by atoms with Gasteiger partial charge in [0.25, 0.3) is 0 Å². The SMILES string of the molecule is CC(C)CC1(C(=O)Nc2ccc(-c3n[nH]c(CN)n3)cc2)CCC1.Cl. The lowest BCUT2D eigenvalue weighted by Gasteiger charge is -2.41. The van der Waals surface area contributed by atoms with Crippen LogP contribution in [0.25, 0.3) is 11.4 Å². The Bertz CT molecular complexity index is 707. The van der Waals surface area contributed by atoms with Crippen molar-refractivity contribution in [2.45, 2.75) is 46.1 Å². The topological polar surface area (TPSA) is 96.7 Å². The van der Waals surface area contributed by atoms with Crippen molar-refractivity contribution in [3.63, 3.8) is 0 Å². The lowest BCUT2D eigenvalue weighted by molar-refractivity contribution is -0.131. The van der Waals surface area contributed by atoms with Crippen molar-refractivity contribution >= 4 is 24.0 Å². The maximum Gasteiger partial charge on any atom is 0.230 e. The maximum atomic E-state index is 12.7. The van der Waals surface area contributed by atoms with E-state index in [1.807, 2.05) is 24.3 Å². The van der Waals surface area contributed by atoms with Gasteiger partial charge >= 0.3 is 0 Å². The summed E-state index contributed by atoms with van der Waals surface area (Å²) in [5, 5.41) is 10.0. The summed E-state index contributed by atoms with van der Waals surface area (Å²) in [4.78, 5) is 17.0. The van der Waals surface area contributed by atoms with E-state index in [-0.39, 0.29) is 23.7 Å². The van der Waals surface area contributed by atoms with Crippen LogP contribution in [0.1, 0.15) is 45.4 Å². The summed E-state index contributed by atoms with van der Waals surface area (Å²) >= 11 is 0. The number of halogens is 1. The number of rotatable bonds is 6. The molecule has 25 heavy (non-hydrogen) atoms. The number of anilines is 1. The van der Waals surface area contributed by atoms with E-state index in [0.29, 0.717) is 24.1 Å². The van der Waals surface area contributed by atoms with Crippen LogP contribution < -0.4 is 11.1 Å². The van der Waals surface area contributed by atoms with Crippen LogP contribution in [0.15, 0.2) is 24.3 Å². The average Bonchev–Trinajstić information content (AvgIpc) is 3.00. The molecule has 1 aromatic heterocycles. The number of nitrogens with zero attached hydrogens (tertiary/aromatic N) is 2. The number of carbonyl (C=O) groups is 1. The molecule has 1 heterocycles. The van der Waals surface area contributed by atoms with Crippen LogP contribution in [0.5, 0.6) is 0 Å². The molecule has 0 spiro atoms. The van der Waals surface area contributed by atoms with Gasteiger partial charge in [0.05, 0.1) is 6.54 Å². The van der Waals surface area contributed by atoms with E-state index in [9.17, 15) is 4.79 Å². The third-order valence-electron chi connectivity index (χ3n) is 4.72. The highest BCUT2D eigenvalue weighted by molar-refractivity contribution is 5.96. The minimum absolute atomic E-state index is 0. The molecule has 0 atom stereocenters. The fourth-order valence-electron chi connectivity index (χ4n) is 3.39. The van der Waals surface area contributed by atoms with Crippen LogP contribution >= 0.6 is 12.4 Å². The number of amides is 1. The van der Waals surface area contributed by atoms with Crippen molar-refractivity contribution in [1.82, 2.24) is 15.2 Å². The van der Waals surface area contributed by atoms with Crippen molar-refractivity contribution in [3.8, 4) is 11.4 Å². The van der Waals surface area contributed by atoms with Gasteiger partial charge in [-0.15, -0.1) is 12.4 Å². The highest BCUT2D eigenvalue weighted by Crippen LogP contribution is 2.46. The smallest absolute Gasteiger partial charge is 0.230 e. The summed E-state index contributed by atoms with van der Waals surface area (Å²) in [7, 11) is 0. The second kappa shape index (κ2) is 7.97. The Balaban J connectivity index is 0.00000225. The van der Waals surface area contributed by atoms with Gasteiger partial charge in [0, 0.05) is 16.7 Å². The summed E-state index contributed by atoms with van der Waals surface area (Å²) in [6.45, 7) is 4.68. The zero-order chi connectivity index (χ0) is 17.2. The summed E-state index contributed by atoms with van der Waals surface area (Å²) in [6, 6.07) is 7.62. The number of nitrogens with two attached hydrogens (primary N) is 1. The first kappa shape index (κ1) is 19.4. The van der Waals surface area contributed by atoms with Gasteiger partial charge in [0.2, 0.25) is 5.91 Å². The minimum Gasteiger partial charge on any atom is -0.326 e. The first-order valence-corrected chi connectivity index (χ1v) is 8.56. The van der Waals surface area contributed by atoms with E-state index in [4.69, 9.17) is 5.73 Å².